The van der Waals surface area contributed by atoms with Crippen LogP contribution in [0.1, 0.15) is 42.8 Å². The van der Waals surface area contributed by atoms with Crippen molar-refractivity contribution in [1.29, 1.82) is 0 Å². The first kappa shape index (κ1) is 27.6. The molecule has 9 heteroatoms. The number of nitrogens with zero attached hydrogens (tertiary/aromatic N) is 3. The van der Waals surface area contributed by atoms with Gasteiger partial charge in [-0.2, -0.15) is 0 Å². The maximum atomic E-state index is 11.0. The lowest BCUT2D eigenvalue weighted by atomic mass is 10.00. The van der Waals surface area contributed by atoms with Gasteiger partial charge in [0.15, 0.2) is 0 Å². The molecule has 0 bridgehead atoms. The van der Waals surface area contributed by atoms with Crippen LogP contribution in [0.3, 0.4) is 0 Å². The topological polar surface area (TPSA) is 89.3 Å². The van der Waals surface area contributed by atoms with Gasteiger partial charge in [-0.1, -0.05) is 41.4 Å². The highest BCUT2D eigenvalue weighted by molar-refractivity contribution is 6.33. The van der Waals surface area contributed by atoms with Gasteiger partial charge < -0.3 is 25.0 Å². The van der Waals surface area contributed by atoms with Crippen molar-refractivity contribution in [3.63, 3.8) is 0 Å². The lowest BCUT2D eigenvalue weighted by Gasteiger charge is -2.44. The largest absolute Gasteiger partial charge is 0.491 e. The van der Waals surface area contributed by atoms with Crippen LogP contribution < -0.4 is 9.64 Å². The third kappa shape index (κ3) is 6.93. The quantitative estimate of drug-likeness (QED) is 0.362. The average Bonchev–Trinajstić information content (AvgIpc) is 2.88. The van der Waals surface area contributed by atoms with E-state index in [0.29, 0.717) is 46.7 Å². The van der Waals surface area contributed by atoms with Crippen molar-refractivity contribution in [2.24, 2.45) is 0 Å². The minimum Gasteiger partial charge on any atom is -0.491 e. The van der Waals surface area contributed by atoms with Gasteiger partial charge in [-0.05, 0) is 49.7 Å². The SMILES string of the molecule is CC(C)(O)c1ccc([C@H](O)CN2CCN(c3ccc(OCCO)cc3Cl)[C@H](c3ccc(Cl)cc3)C2)cn1. The summed E-state index contributed by atoms with van der Waals surface area (Å²) < 4.78 is 5.51. The fraction of sp³-hybridized carbons (Fsp3) is 0.393. The summed E-state index contributed by atoms with van der Waals surface area (Å²) in [6.07, 6.45) is 0.915. The molecule has 4 rings (SSSR count). The highest BCUT2D eigenvalue weighted by atomic mass is 35.5. The number of aromatic nitrogens is 1. The molecule has 1 aliphatic heterocycles. The summed E-state index contributed by atoms with van der Waals surface area (Å²) in [5.74, 6) is 0.608. The minimum atomic E-state index is -1.03. The monoisotopic (exact) mass is 545 g/mol. The summed E-state index contributed by atoms with van der Waals surface area (Å²) >= 11 is 12.8. The number of hydrogen-bond donors (Lipinski definition) is 3. The first-order valence-corrected chi connectivity index (χ1v) is 13.1. The molecule has 3 aromatic rings. The Kier molecular flexibility index (Phi) is 8.95. The van der Waals surface area contributed by atoms with Crippen LogP contribution in [0.2, 0.25) is 10.0 Å². The molecular weight excluding hydrogens is 513 g/mol. The summed E-state index contributed by atoms with van der Waals surface area (Å²) in [5, 5.41) is 31.4. The second-order valence-electron chi connectivity index (χ2n) is 9.76. The van der Waals surface area contributed by atoms with Crippen molar-refractivity contribution >= 4 is 28.9 Å². The average molecular weight is 546 g/mol. The van der Waals surface area contributed by atoms with Crippen LogP contribution in [0.15, 0.2) is 60.8 Å². The normalized spacial score (nSPS) is 17.6. The maximum Gasteiger partial charge on any atom is 0.121 e. The number of hydrogen-bond acceptors (Lipinski definition) is 7. The molecule has 198 valence electrons. The number of halogens is 2. The summed E-state index contributed by atoms with van der Waals surface area (Å²) in [6, 6.07) is 16.9. The molecular formula is C28H33Cl2N3O4. The zero-order valence-electron chi connectivity index (χ0n) is 21.0. The van der Waals surface area contributed by atoms with Gasteiger partial charge >= 0.3 is 0 Å². The van der Waals surface area contributed by atoms with Gasteiger partial charge in [-0.25, -0.2) is 0 Å². The molecule has 0 amide bonds. The number of benzene rings is 2. The number of ether oxygens (including phenoxy) is 1. The first-order valence-electron chi connectivity index (χ1n) is 12.3. The highest BCUT2D eigenvalue weighted by Crippen LogP contribution is 2.37. The molecule has 37 heavy (non-hydrogen) atoms. The van der Waals surface area contributed by atoms with Gasteiger partial charge in [0.25, 0.3) is 0 Å². The van der Waals surface area contributed by atoms with E-state index in [2.05, 4.69) is 14.8 Å². The molecule has 2 atom stereocenters. The van der Waals surface area contributed by atoms with E-state index in [1.165, 1.54) is 0 Å². The standard InChI is InChI=1S/C28H33Cl2N3O4/c1-28(2,36)27-10-5-20(16-31-27)26(35)18-32-11-12-33(25(17-32)19-3-6-21(29)7-4-19)24-9-8-22(15-23(24)30)37-14-13-34/h3-10,15-16,25-26,34-36H,11-14,17-18H2,1-2H3/t25-,26+/m0/s1. The van der Waals surface area contributed by atoms with Crippen LogP contribution in [0.5, 0.6) is 5.75 Å². The van der Waals surface area contributed by atoms with E-state index in [0.717, 1.165) is 17.8 Å². The van der Waals surface area contributed by atoms with Crippen LogP contribution in [0.25, 0.3) is 0 Å². The number of β-amino-alcohol motifs (C(OH)–C–C–N with tert-alkyl or cyclic N) is 1. The zero-order chi connectivity index (χ0) is 26.6. The lowest BCUT2D eigenvalue weighted by Crippen LogP contribution is -2.49. The van der Waals surface area contributed by atoms with Crippen molar-refractivity contribution in [3.8, 4) is 5.75 Å². The van der Waals surface area contributed by atoms with E-state index in [1.807, 2.05) is 42.5 Å². The molecule has 1 saturated heterocycles. The molecule has 3 N–H and O–H groups in total. The summed E-state index contributed by atoms with van der Waals surface area (Å²) in [6.45, 7) is 6.07. The van der Waals surface area contributed by atoms with Crippen molar-refractivity contribution in [2.75, 3.05) is 44.3 Å². The number of aliphatic hydroxyl groups excluding tert-OH is 2. The van der Waals surface area contributed by atoms with Gasteiger partial charge in [0, 0.05) is 49.0 Å². The van der Waals surface area contributed by atoms with Gasteiger partial charge in [-0.3, -0.25) is 9.88 Å². The van der Waals surface area contributed by atoms with Crippen molar-refractivity contribution in [2.45, 2.75) is 31.6 Å². The van der Waals surface area contributed by atoms with Gasteiger partial charge in [0.1, 0.15) is 18.0 Å². The van der Waals surface area contributed by atoms with Crippen molar-refractivity contribution in [1.82, 2.24) is 9.88 Å². The van der Waals surface area contributed by atoms with Gasteiger partial charge in [0.2, 0.25) is 0 Å². The molecule has 1 aliphatic rings. The lowest BCUT2D eigenvalue weighted by molar-refractivity contribution is 0.0732. The molecule has 7 nitrogen and oxygen atoms in total. The number of rotatable bonds is 9. The Morgan fingerprint density at radius 1 is 1.08 bits per heavy atom. The first-order chi connectivity index (χ1) is 17.7. The van der Waals surface area contributed by atoms with E-state index in [4.69, 9.17) is 33.0 Å². The Morgan fingerprint density at radius 3 is 2.46 bits per heavy atom. The number of pyridine rings is 1. The molecule has 0 unspecified atom stereocenters. The number of aliphatic hydroxyl groups is 3. The molecule has 0 radical (unpaired) electrons. The van der Waals surface area contributed by atoms with Gasteiger partial charge in [-0.15, -0.1) is 0 Å². The van der Waals surface area contributed by atoms with Gasteiger partial charge in [0.05, 0.1) is 35.2 Å². The molecule has 0 aliphatic carbocycles. The van der Waals surface area contributed by atoms with Crippen molar-refractivity contribution in [3.05, 3.63) is 87.7 Å². The molecule has 1 fully saturated rings. The Labute approximate surface area is 227 Å². The maximum absolute atomic E-state index is 11.0. The summed E-state index contributed by atoms with van der Waals surface area (Å²) in [4.78, 5) is 8.83. The van der Waals surface area contributed by atoms with E-state index in [-0.39, 0.29) is 19.3 Å². The van der Waals surface area contributed by atoms with E-state index in [1.54, 1.807) is 32.2 Å². The highest BCUT2D eigenvalue weighted by Gasteiger charge is 2.31. The van der Waals surface area contributed by atoms with E-state index >= 15 is 0 Å². The zero-order valence-corrected chi connectivity index (χ0v) is 22.5. The predicted molar refractivity (Wildman–Crippen MR) is 146 cm³/mol. The third-order valence-electron chi connectivity index (χ3n) is 6.54. The second-order valence-corrected chi connectivity index (χ2v) is 10.6. The Bertz CT molecular complexity index is 1170. The molecule has 2 aromatic carbocycles. The molecule has 1 aromatic heterocycles. The minimum absolute atomic E-state index is 0.0179. The van der Waals surface area contributed by atoms with Crippen LogP contribution in [0, 0.1) is 0 Å². The van der Waals surface area contributed by atoms with Crippen molar-refractivity contribution < 1.29 is 20.1 Å². The van der Waals surface area contributed by atoms with Crippen LogP contribution in [-0.2, 0) is 5.60 Å². The second kappa shape index (κ2) is 12.0. The third-order valence-corrected chi connectivity index (χ3v) is 7.09. The fourth-order valence-corrected chi connectivity index (χ4v) is 4.96. The number of anilines is 1. The fourth-order valence-electron chi connectivity index (χ4n) is 4.55. The smallest absolute Gasteiger partial charge is 0.121 e. The molecule has 2 heterocycles. The Hall–Kier alpha value is -2.39. The number of piperazine rings is 1. The molecule has 0 saturated carbocycles. The molecule has 0 spiro atoms. The summed E-state index contributed by atoms with van der Waals surface area (Å²) in [5.41, 5.74) is 2.22. The predicted octanol–water partition coefficient (Wildman–Crippen LogP) is 4.58. The van der Waals surface area contributed by atoms with E-state index in [9.17, 15) is 10.2 Å². The Balaban J connectivity index is 1.53. The van der Waals surface area contributed by atoms with Crippen LogP contribution in [-0.4, -0.2) is 64.6 Å². The van der Waals surface area contributed by atoms with Crippen LogP contribution >= 0.6 is 23.2 Å². The summed E-state index contributed by atoms with van der Waals surface area (Å²) in [7, 11) is 0. The Morgan fingerprint density at radius 2 is 1.84 bits per heavy atom. The van der Waals surface area contributed by atoms with E-state index < -0.39 is 11.7 Å². The van der Waals surface area contributed by atoms with Crippen LogP contribution in [0.4, 0.5) is 5.69 Å².